The van der Waals surface area contributed by atoms with Crippen molar-refractivity contribution in [2.75, 3.05) is 53.6 Å². The predicted molar refractivity (Wildman–Crippen MR) is 103 cm³/mol. The Bertz CT molecular complexity index is 709. The van der Waals surface area contributed by atoms with Crippen LogP contribution in [0.2, 0.25) is 0 Å². The summed E-state index contributed by atoms with van der Waals surface area (Å²) < 4.78 is 12.4. The van der Waals surface area contributed by atoms with Crippen LogP contribution < -0.4 is 4.74 Å². The monoisotopic (exact) mass is 372 g/mol. The molecular formula is C19H28N6O2. The molecule has 3 rings (SSSR count). The summed E-state index contributed by atoms with van der Waals surface area (Å²) in [6, 6.07) is 8.15. The highest BCUT2D eigenvalue weighted by atomic mass is 16.5. The smallest absolute Gasteiger partial charge is 0.173 e. The minimum Gasteiger partial charge on any atom is -0.497 e. The van der Waals surface area contributed by atoms with E-state index in [0.29, 0.717) is 13.2 Å². The van der Waals surface area contributed by atoms with E-state index in [1.807, 2.05) is 22.9 Å². The SMILES string of the molecule is C=CCN1CCN([C@H](c2ccc(OC)cc2)c2nnnn2CCOC)CC1. The molecule has 0 saturated carbocycles. The van der Waals surface area contributed by atoms with E-state index < -0.39 is 0 Å². The lowest BCUT2D eigenvalue weighted by atomic mass is 10.0. The number of ether oxygens (including phenoxy) is 2. The maximum absolute atomic E-state index is 5.31. The molecule has 1 aromatic carbocycles. The summed E-state index contributed by atoms with van der Waals surface area (Å²) in [5.74, 6) is 1.68. The quantitative estimate of drug-likeness (QED) is 0.613. The van der Waals surface area contributed by atoms with Gasteiger partial charge in [0.05, 0.1) is 26.3 Å². The zero-order chi connectivity index (χ0) is 19.1. The Kier molecular flexibility index (Phi) is 6.92. The maximum atomic E-state index is 5.31. The fourth-order valence-corrected chi connectivity index (χ4v) is 3.44. The standard InChI is InChI=1S/C19H28N6O2/c1-4-9-23-10-12-24(13-11-23)18(16-5-7-17(27-3)8-6-16)19-20-21-22-25(19)14-15-26-2/h4-8,18H,1,9-15H2,2-3H3/t18-/m1/s1. The van der Waals surface area contributed by atoms with Crippen molar-refractivity contribution < 1.29 is 9.47 Å². The fraction of sp³-hybridized carbons (Fsp3) is 0.526. The normalized spacial score (nSPS) is 17.0. The molecule has 0 spiro atoms. The van der Waals surface area contributed by atoms with Crippen LogP contribution in [0.25, 0.3) is 0 Å². The highest BCUT2D eigenvalue weighted by molar-refractivity contribution is 5.32. The van der Waals surface area contributed by atoms with Crippen molar-refractivity contribution in [1.29, 1.82) is 0 Å². The summed E-state index contributed by atoms with van der Waals surface area (Å²) in [5, 5.41) is 12.5. The summed E-state index contributed by atoms with van der Waals surface area (Å²) in [7, 11) is 3.36. The molecule has 27 heavy (non-hydrogen) atoms. The number of piperazine rings is 1. The molecule has 2 aromatic rings. The molecule has 1 aromatic heterocycles. The lowest BCUT2D eigenvalue weighted by molar-refractivity contribution is 0.111. The number of aromatic nitrogens is 4. The van der Waals surface area contributed by atoms with E-state index in [1.54, 1.807) is 14.2 Å². The van der Waals surface area contributed by atoms with Crippen LogP contribution in [0.4, 0.5) is 0 Å². The Morgan fingerprint density at radius 1 is 1.15 bits per heavy atom. The summed E-state index contributed by atoms with van der Waals surface area (Å²) in [6.45, 7) is 9.85. The van der Waals surface area contributed by atoms with Gasteiger partial charge < -0.3 is 9.47 Å². The minimum atomic E-state index is -0.00589. The number of nitrogens with zero attached hydrogens (tertiary/aromatic N) is 6. The third-order valence-electron chi connectivity index (χ3n) is 4.90. The van der Waals surface area contributed by atoms with Crippen molar-refractivity contribution in [1.82, 2.24) is 30.0 Å². The van der Waals surface area contributed by atoms with E-state index in [0.717, 1.165) is 49.9 Å². The second-order valence-electron chi connectivity index (χ2n) is 6.55. The van der Waals surface area contributed by atoms with Gasteiger partial charge in [-0.15, -0.1) is 11.7 Å². The molecule has 146 valence electrons. The number of hydrogen-bond donors (Lipinski definition) is 0. The third-order valence-corrected chi connectivity index (χ3v) is 4.90. The molecule has 1 atom stereocenters. The van der Waals surface area contributed by atoms with Gasteiger partial charge in [0.15, 0.2) is 5.82 Å². The average molecular weight is 372 g/mol. The molecule has 8 nitrogen and oxygen atoms in total. The fourth-order valence-electron chi connectivity index (χ4n) is 3.44. The van der Waals surface area contributed by atoms with Gasteiger partial charge in [-0.05, 0) is 28.1 Å². The van der Waals surface area contributed by atoms with Gasteiger partial charge in [-0.2, -0.15) is 0 Å². The van der Waals surface area contributed by atoms with Gasteiger partial charge in [0, 0.05) is 39.8 Å². The van der Waals surface area contributed by atoms with E-state index in [1.165, 1.54) is 0 Å². The molecule has 1 fully saturated rings. The Balaban J connectivity index is 1.87. The first-order valence-electron chi connectivity index (χ1n) is 9.23. The molecule has 1 saturated heterocycles. The highest BCUT2D eigenvalue weighted by Crippen LogP contribution is 2.29. The van der Waals surface area contributed by atoms with Gasteiger partial charge in [0.25, 0.3) is 0 Å². The molecule has 0 amide bonds. The molecule has 0 N–H and O–H groups in total. The summed E-state index contributed by atoms with van der Waals surface area (Å²) in [5.41, 5.74) is 1.15. The van der Waals surface area contributed by atoms with Crippen LogP contribution in [0.1, 0.15) is 17.4 Å². The lowest BCUT2D eigenvalue weighted by Gasteiger charge is -2.38. The third kappa shape index (κ3) is 4.71. The van der Waals surface area contributed by atoms with Crippen molar-refractivity contribution in [3.8, 4) is 5.75 Å². The average Bonchev–Trinajstić information content (AvgIpc) is 3.17. The van der Waals surface area contributed by atoms with E-state index in [4.69, 9.17) is 9.47 Å². The predicted octanol–water partition coefficient (Wildman–Crippen LogP) is 1.22. The van der Waals surface area contributed by atoms with E-state index in [9.17, 15) is 0 Å². The topological polar surface area (TPSA) is 68.5 Å². The van der Waals surface area contributed by atoms with Crippen LogP contribution in [0.5, 0.6) is 5.75 Å². The van der Waals surface area contributed by atoms with Crippen LogP contribution in [0, 0.1) is 0 Å². The van der Waals surface area contributed by atoms with Crippen LogP contribution >= 0.6 is 0 Å². The second-order valence-corrected chi connectivity index (χ2v) is 6.55. The first-order valence-corrected chi connectivity index (χ1v) is 9.23. The van der Waals surface area contributed by atoms with Crippen LogP contribution in [-0.2, 0) is 11.3 Å². The number of hydrogen-bond acceptors (Lipinski definition) is 7. The van der Waals surface area contributed by atoms with Crippen molar-refractivity contribution >= 4 is 0 Å². The molecule has 0 aliphatic carbocycles. The van der Waals surface area contributed by atoms with E-state index >= 15 is 0 Å². The molecule has 0 bridgehead atoms. The van der Waals surface area contributed by atoms with Crippen molar-refractivity contribution in [3.05, 3.63) is 48.3 Å². The van der Waals surface area contributed by atoms with E-state index in [2.05, 4.69) is 44.0 Å². The van der Waals surface area contributed by atoms with Gasteiger partial charge >= 0.3 is 0 Å². The lowest BCUT2D eigenvalue weighted by Crippen LogP contribution is -2.48. The largest absolute Gasteiger partial charge is 0.497 e. The first-order chi connectivity index (χ1) is 13.3. The summed E-state index contributed by atoms with van der Waals surface area (Å²) in [4.78, 5) is 4.85. The summed E-state index contributed by atoms with van der Waals surface area (Å²) in [6.07, 6.45) is 1.96. The molecule has 1 aliphatic rings. The number of rotatable bonds is 9. The zero-order valence-corrected chi connectivity index (χ0v) is 16.1. The number of tetrazole rings is 1. The molecule has 1 aliphatic heterocycles. The molecule has 0 unspecified atom stereocenters. The number of benzene rings is 1. The van der Waals surface area contributed by atoms with Crippen LogP contribution in [0.15, 0.2) is 36.9 Å². The first kappa shape index (κ1) is 19.5. The maximum Gasteiger partial charge on any atom is 0.173 e. The molecule has 8 heteroatoms. The van der Waals surface area contributed by atoms with Gasteiger partial charge in [-0.25, -0.2) is 4.68 Å². The Morgan fingerprint density at radius 3 is 2.52 bits per heavy atom. The van der Waals surface area contributed by atoms with Gasteiger partial charge in [0.2, 0.25) is 0 Å². The van der Waals surface area contributed by atoms with Crippen molar-refractivity contribution in [2.24, 2.45) is 0 Å². The Labute approximate surface area is 160 Å². The molecular weight excluding hydrogens is 344 g/mol. The van der Waals surface area contributed by atoms with Crippen LogP contribution in [0.3, 0.4) is 0 Å². The highest BCUT2D eigenvalue weighted by Gasteiger charge is 2.30. The van der Waals surface area contributed by atoms with Crippen molar-refractivity contribution in [3.63, 3.8) is 0 Å². The van der Waals surface area contributed by atoms with Crippen LogP contribution in [-0.4, -0.2) is 83.6 Å². The van der Waals surface area contributed by atoms with Gasteiger partial charge in [-0.1, -0.05) is 18.2 Å². The number of methoxy groups -OCH3 is 2. The Hall–Kier alpha value is -2.29. The van der Waals surface area contributed by atoms with Crippen molar-refractivity contribution in [2.45, 2.75) is 12.6 Å². The minimum absolute atomic E-state index is 0.00589. The van der Waals surface area contributed by atoms with E-state index in [-0.39, 0.29) is 6.04 Å². The Morgan fingerprint density at radius 2 is 1.89 bits per heavy atom. The second kappa shape index (κ2) is 9.59. The van der Waals surface area contributed by atoms with Gasteiger partial charge in [-0.3, -0.25) is 9.80 Å². The summed E-state index contributed by atoms with van der Waals surface area (Å²) >= 11 is 0. The zero-order valence-electron chi connectivity index (χ0n) is 16.1. The molecule has 0 radical (unpaired) electrons. The van der Waals surface area contributed by atoms with Gasteiger partial charge in [0.1, 0.15) is 5.75 Å². The molecule has 2 heterocycles.